The van der Waals surface area contributed by atoms with Crippen LogP contribution in [-0.4, -0.2) is 56.2 Å². The SMILES string of the molecule is COc1cc(OC)c(NC(=O)N2CCN(Cc3ccc(Cl)s3)CC2)cc1Cl. The molecule has 0 saturated carbocycles. The molecule has 6 nitrogen and oxygen atoms in total. The Labute approximate surface area is 172 Å². The summed E-state index contributed by atoms with van der Waals surface area (Å²) < 4.78 is 11.3. The number of ether oxygens (including phenoxy) is 2. The highest BCUT2D eigenvalue weighted by molar-refractivity contribution is 7.16. The molecule has 0 bridgehead atoms. The maximum atomic E-state index is 12.6. The fourth-order valence-electron chi connectivity index (χ4n) is 2.92. The average molecular weight is 430 g/mol. The fourth-order valence-corrected chi connectivity index (χ4v) is 4.29. The molecule has 1 aliphatic rings. The molecule has 1 aromatic carbocycles. The van der Waals surface area contributed by atoms with Gasteiger partial charge in [0.2, 0.25) is 0 Å². The Balaban J connectivity index is 1.57. The van der Waals surface area contributed by atoms with E-state index in [-0.39, 0.29) is 6.03 Å². The number of urea groups is 1. The van der Waals surface area contributed by atoms with Gasteiger partial charge in [-0.3, -0.25) is 4.90 Å². The third kappa shape index (κ3) is 4.99. The van der Waals surface area contributed by atoms with Gasteiger partial charge in [-0.2, -0.15) is 0 Å². The lowest BCUT2D eigenvalue weighted by atomic mass is 10.2. The number of halogens is 2. The first-order chi connectivity index (χ1) is 13.0. The molecular formula is C18H21Cl2N3O3S. The van der Waals surface area contributed by atoms with Gasteiger partial charge in [0.15, 0.2) is 0 Å². The van der Waals surface area contributed by atoms with Crippen molar-refractivity contribution in [1.82, 2.24) is 9.80 Å². The van der Waals surface area contributed by atoms with Gasteiger partial charge in [-0.15, -0.1) is 11.3 Å². The molecule has 0 aliphatic carbocycles. The third-order valence-corrected chi connectivity index (χ3v) is 5.89. The van der Waals surface area contributed by atoms with Gasteiger partial charge in [0, 0.05) is 43.7 Å². The fraction of sp³-hybridized carbons (Fsp3) is 0.389. The minimum atomic E-state index is -0.173. The molecule has 2 heterocycles. The van der Waals surface area contributed by atoms with E-state index in [2.05, 4.69) is 10.2 Å². The molecule has 1 aliphatic heterocycles. The molecule has 0 unspecified atom stereocenters. The monoisotopic (exact) mass is 429 g/mol. The molecule has 0 atom stereocenters. The Kier molecular flexibility index (Phi) is 6.70. The van der Waals surface area contributed by atoms with Crippen LogP contribution in [0.2, 0.25) is 9.36 Å². The highest BCUT2D eigenvalue weighted by Crippen LogP contribution is 2.36. The minimum absolute atomic E-state index is 0.173. The van der Waals surface area contributed by atoms with E-state index in [1.54, 1.807) is 28.4 Å². The van der Waals surface area contributed by atoms with Crippen molar-refractivity contribution < 1.29 is 14.3 Å². The largest absolute Gasteiger partial charge is 0.495 e. The number of benzene rings is 1. The number of amides is 2. The summed E-state index contributed by atoms with van der Waals surface area (Å²) in [6, 6.07) is 7.08. The number of carbonyl (C=O) groups excluding carboxylic acids is 1. The van der Waals surface area contributed by atoms with Crippen LogP contribution in [0.15, 0.2) is 24.3 Å². The van der Waals surface area contributed by atoms with Gasteiger partial charge in [-0.05, 0) is 18.2 Å². The first-order valence-corrected chi connectivity index (χ1v) is 10.0. The summed E-state index contributed by atoms with van der Waals surface area (Å²) in [7, 11) is 3.07. The smallest absolute Gasteiger partial charge is 0.322 e. The number of nitrogens with one attached hydrogen (secondary N) is 1. The molecule has 1 saturated heterocycles. The van der Waals surface area contributed by atoms with Crippen LogP contribution in [0.1, 0.15) is 4.88 Å². The predicted molar refractivity (Wildman–Crippen MR) is 110 cm³/mol. The molecule has 1 aromatic heterocycles. The van der Waals surface area contributed by atoms with Crippen LogP contribution >= 0.6 is 34.5 Å². The molecule has 146 valence electrons. The molecule has 0 radical (unpaired) electrons. The van der Waals surface area contributed by atoms with Crippen molar-refractivity contribution in [3.05, 3.63) is 38.5 Å². The molecule has 27 heavy (non-hydrogen) atoms. The van der Waals surface area contributed by atoms with Crippen molar-refractivity contribution in [1.29, 1.82) is 0 Å². The Hall–Kier alpha value is -1.67. The van der Waals surface area contributed by atoms with Crippen molar-refractivity contribution in [2.75, 3.05) is 45.7 Å². The zero-order valence-corrected chi connectivity index (χ0v) is 17.5. The van der Waals surface area contributed by atoms with Gasteiger partial charge >= 0.3 is 6.03 Å². The van der Waals surface area contributed by atoms with Crippen LogP contribution in [0, 0.1) is 0 Å². The molecule has 2 aromatic rings. The van der Waals surface area contributed by atoms with Crippen molar-refractivity contribution >= 4 is 46.3 Å². The lowest BCUT2D eigenvalue weighted by molar-refractivity contribution is 0.143. The molecule has 0 spiro atoms. The van der Waals surface area contributed by atoms with E-state index in [0.717, 1.165) is 24.0 Å². The van der Waals surface area contributed by atoms with Crippen molar-refractivity contribution in [3.63, 3.8) is 0 Å². The van der Waals surface area contributed by atoms with E-state index in [4.69, 9.17) is 32.7 Å². The summed E-state index contributed by atoms with van der Waals surface area (Å²) in [4.78, 5) is 18.0. The quantitative estimate of drug-likeness (QED) is 0.763. The number of carbonyl (C=O) groups is 1. The molecule has 3 rings (SSSR count). The molecule has 1 N–H and O–H groups in total. The van der Waals surface area contributed by atoms with Crippen molar-refractivity contribution in [2.45, 2.75) is 6.54 Å². The summed E-state index contributed by atoms with van der Waals surface area (Å²) in [6.07, 6.45) is 0. The number of hydrogen-bond acceptors (Lipinski definition) is 5. The van der Waals surface area contributed by atoms with Crippen molar-refractivity contribution in [2.24, 2.45) is 0 Å². The highest BCUT2D eigenvalue weighted by Gasteiger charge is 2.23. The average Bonchev–Trinajstić information content (AvgIpc) is 3.07. The standard InChI is InChI=1S/C18H21Cl2N3O3S/c1-25-15-10-16(26-2)14(9-13(15)19)21-18(24)23-7-5-22(6-8-23)11-12-3-4-17(20)27-12/h3-4,9-10H,5-8,11H2,1-2H3,(H,21,24). The lowest BCUT2D eigenvalue weighted by Crippen LogP contribution is -2.49. The van der Waals surface area contributed by atoms with Crippen LogP contribution < -0.4 is 14.8 Å². The maximum absolute atomic E-state index is 12.6. The van der Waals surface area contributed by atoms with Crippen LogP contribution in [0.4, 0.5) is 10.5 Å². The number of anilines is 1. The molecular weight excluding hydrogens is 409 g/mol. The number of thiophene rings is 1. The Morgan fingerprint density at radius 3 is 2.41 bits per heavy atom. The molecule has 1 fully saturated rings. The van der Waals surface area contributed by atoms with E-state index in [1.807, 2.05) is 12.1 Å². The van der Waals surface area contributed by atoms with E-state index in [1.165, 1.54) is 19.1 Å². The number of nitrogens with zero attached hydrogens (tertiary/aromatic N) is 2. The summed E-state index contributed by atoms with van der Waals surface area (Å²) in [5.41, 5.74) is 0.518. The second-order valence-corrected chi connectivity index (χ2v) is 8.29. The summed E-state index contributed by atoms with van der Waals surface area (Å²) in [6.45, 7) is 3.77. The van der Waals surface area contributed by atoms with Crippen molar-refractivity contribution in [3.8, 4) is 11.5 Å². The topological polar surface area (TPSA) is 54.0 Å². The zero-order chi connectivity index (χ0) is 19.4. The van der Waals surface area contributed by atoms with Gasteiger partial charge < -0.3 is 19.7 Å². The zero-order valence-electron chi connectivity index (χ0n) is 15.1. The summed E-state index contributed by atoms with van der Waals surface area (Å²) in [5, 5.41) is 3.29. The maximum Gasteiger partial charge on any atom is 0.322 e. The Morgan fingerprint density at radius 1 is 1.11 bits per heavy atom. The number of piperazine rings is 1. The second-order valence-electron chi connectivity index (χ2n) is 6.09. The van der Waals surface area contributed by atoms with Gasteiger partial charge in [0.1, 0.15) is 11.5 Å². The predicted octanol–water partition coefficient (Wildman–Crippen LogP) is 4.42. The van der Waals surface area contributed by atoms with E-state index in [0.29, 0.717) is 35.3 Å². The van der Waals surface area contributed by atoms with E-state index in [9.17, 15) is 4.79 Å². The minimum Gasteiger partial charge on any atom is -0.495 e. The number of methoxy groups -OCH3 is 2. The van der Waals surface area contributed by atoms with Gasteiger partial charge in [-0.25, -0.2) is 4.79 Å². The van der Waals surface area contributed by atoms with Gasteiger partial charge in [-0.1, -0.05) is 23.2 Å². The van der Waals surface area contributed by atoms with Crippen LogP contribution in [0.5, 0.6) is 11.5 Å². The van der Waals surface area contributed by atoms with Crippen LogP contribution in [-0.2, 0) is 6.54 Å². The lowest BCUT2D eigenvalue weighted by Gasteiger charge is -2.34. The summed E-state index contributed by atoms with van der Waals surface area (Å²) in [5.74, 6) is 0.992. The number of hydrogen-bond donors (Lipinski definition) is 1. The molecule has 2 amide bonds. The van der Waals surface area contributed by atoms with Crippen LogP contribution in [0.25, 0.3) is 0 Å². The highest BCUT2D eigenvalue weighted by atomic mass is 35.5. The van der Waals surface area contributed by atoms with E-state index < -0.39 is 0 Å². The summed E-state index contributed by atoms with van der Waals surface area (Å²) >= 11 is 13.7. The normalized spacial score (nSPS) is 14.9. The van der Waals surface area contributed by atoms with E-state index >= 15 is 0 Å². The number of rotatable bonds is 5. The Morgan fingerprint density at radius 2 is 1.81 bits per heavy atom. The first-order valence-electron chi connectivity index (χ1n) is 8.44. The second kappa shape index (κ2) is 9.01. The third-order valence-electron chi connectivity index (χ3n) is 4.38. The Bertz CT molecular complexity index is 807. The van der Waals surface area contributed by atoms with Gasteiger partial charge in [0.05, 0.1) is 29.3 Å². The molecule has 9 heteroatoms. The van der Waals surface area contributed by atoms with Crippen LogP contribution in [0.3, 0.4) is 0 Å². The van der Waals surface area contributed by atoms with Gasteiger partial charge in [0.25, 0.3) is 0 Å². The first kappa shape index (κ1) is 20.1.